The maximum absolute atomic E-state index is 10.7. The molecular weight excluding hydrogens is 168 g/mol. The Morgan fingerprint density at radius 2 is 2.20 bits per heavy atom. The molecule has 4 heteroatoms. The van der Waals surface area contributed by atoms with Crippen molar-refractivity contribution >= 4 is 26.9 Å². The average molecular weight is 180 g/mol. The summed E-state index contributed by atoms with van der Waals surface area (Å²) in [5, 5.41) is -0.193. The molecule has 2 nitrogen and oxygen atoms in total. The molecule has 0 spiro atoms. The van der Waals surface area contributed by atoms with Crippen molar-refractivity contribution in [3.8, 4) is 0 Å². The first-order valence-corrected chi connectivity index (χ1v) is 5.48. The van der Waals surface area contributed by atoms with Gasteiger partial charge in [0, 0.05) is 16.5 Å². The average Bonchev–Trinajstić information content (AvgIpc) is 1.82. The third-order valence-corrected chi connectivity index (χ3v) is 2.63. The first-order chi connectivity index (χ1) is 4.66. The lowest BCUT2D eigenvalue weighted by Crippen LogP contribution is -2.04. The molecule has 0 rings (SSSR count). The predicted octanol–water partition coefficient (Wildman–Crippen LogP) is 2.93. The Hall–Kier alpha value is 0.170. The number of hydrogen-bond acceptors (Lipinski definition) is 4. The molecule has 0 heterocycles. The van der Waals surface area contributed by atoms with Crippen LogP contribution < -0.4 is 0 Å². The third-order valence-electron chi connectivity index (χ3n) is 0.577. The molecule has 0 saturated carbocycles. The van der Waals surface area contributed by atoms with Gasteiger partial charge in [0.2, 0.25) is 0 Å². The van der Waals surface area contributed by atoms with Crippen LogP contribution in [0, 0.1) is 0 Å². The predicted molar refractivity (Wildman–Crippen MR) is 47.3 cm³/mol. The van der Waals surface area contributed by atoms with Gasteiger partial charge in [-0.15, -0.1) is 0 Å². The second kappa shape index (κ2) is 5.92. The highest BCUT2D eigenvalue weighted by Gasteiger charge is 2.04. The van der Waals surface area contributed by atoms with Gasteiger partial charge < -0.3 is 4.74 Å². The van der Waals surface area contributed by atoms with Crippen LogP contribution in [0.1, 0.15) is 20.8 Å². The summed E-state index contributed by atoms with van der Waals surface area (Å²) in [6.45, 7) is 5.68. The lowest BCUT2D eigenvalue weighted by atomic mass is 10.5. The highest BCUT2D eigenvalue weighted by atomic mass is 33.1. The molecule has 0 fully saturated rings. The normalized spacial score (nSPS) is 10.0. The molecule has 0 aliphatic rings. The van der Waals surface area contributed by atoms with Gasteiger partial charge >= 0.3 is 5.30 Å². The molecule has 60 valence electrons. The highest BCUT2D eigenvalue weighted by molar-refractivity contribution is 8.82. The molecular formula is C6H12O2S2. The lowest BCUT2D eigenvalue weighted by Gasteiger charge is -2.04. The maximum Gasteiger partial charge on any atom is 0.378 e. The van der Waals surface area contributed by atoms with Gasteiger partial charge in [-0.05, 0) is 13.8 Å². The summed E-state index contributed by atoms with van der Waals surface area (Å²) >= 11 is 0. The highest BCUT2D eigenvalue weighted by Crippen LogP contribution is 2.23. The van der Waals surface area contributed by atoms with Crippen molar-refractivity contribution in [2.75, 3.05) is 5.75 Å². The van der Waals surface area contributed by atoms with Crippen molar-refractivity contribution in [1.82, 2.24) is 0 Å². The molecule has 0 aromatic carbocycles. The number of rotatable bonds is 3. The van der Waals surface area contributed by atoms with Crippen LogP contribution in [-0.2, 0) is 4.74 Å². The Morgan fingerprint density at radius 3 is 2.60 bits per heavy atom. The number of carbonyl (C=O) groups is 1. The standard InChI is InChI=1S/C6H12O2S2/c1-4-9-10-6(7)8-5(2)3/h5H,4H2,1-3H3. The van der Waals surface area contributed by atoms with E-state index in [0.29, 0.717) is 0 Å². The fraction of sp³-hybridized carbons (Fsp3) is 0.833. The summed E-state index contributed by atoms with van der Waals surface area (Å²) in [7, 11) is 2.66. The topological polar surface area (TPSA) is 26.3 Å². The minimum Gasteiger partial charge on any atom is -0.454 e. The zero-order chi connectivity index (χ0) is 7.98. The van der Waals surface area contributed by atoms with Crippen LogP contribution in [0.15, 0.2) is 0 Å². The molecule has 0 aromatic rings. The largest absolute Gasteiger partial charge is 0.454 e. The van der Waals surface area contributed by atoms with E-state index in [1.807, 2.05) is 20.8 Å². The van der Waals surface area contributed by atoms with Crippen molar-refractivity contribution < 1.29 is 9.53 Å². The molecule has 10 heavy (non-hydrogen) atoms. The molecule has 0 saturated heterocycles. The number of ether oxygens (including phenoxy) is 1. The Labute approximate surface area is 69.5 Å². The SMILES string of the molecule is CCSSC(=O)OC(C)C. The summed E-state index contributed by atoms with van der Waals surface area (Å²) in [5.74, 6) is 0.928. The van der Waals surface area contributed by atoms with Gasteiger partial charge in [0.15, 0.2) is 0 Å². The molecule has 0 aromatic heterocycles. The molecule has 0 aliphatic carbocycles. The monoisotopic (exact) mass is 180 g/mol. The first-order valence-electron chi connectivity index (χ1n) is 3.17. The summed E-state index contributed by atoms with van der Waals surface area (Å²) in [5.41, 5.74) is 0. The summed E-state index contributed by atoms with van der Waals surface area (Å²) in [6.07, 6.45) is -0.00236. The fourth-order valence-electron chi connectivity index (χ4n) is 0.319. The van der Waals surface area contributed by atoms with E-state index in [0.717, 1.165) is 16.5 Å². The molecule has 0 bridgehead atoms. The zero-order valence-corrected chi connectivity index (χ0v) is 8.05. The summed E-state index contributed by atoms with van der Waals surface area (Å²) < 4.78 is 4.86. The van der Waals surface area contributed by atoms with Crippen LogP contribution in [0.5, 0.6) is 0 Å². The first kappa shape index (κ1) is 10.2. The minimum absolute atomic E-state index is 0.00236. The van der Waals surface area contributed by atoms with Crippen molar-refractivity contribution in [2.24, 2.45) is 0 Å². The second-order valence-electron chi connectivity index (χ2n) is 1.91. The van der Waals surface area contributed by atoms with Gasteiger partial charge in [-0.1, -0.05) is 17.7 Å². The Balaban J connectivity index is 3.26. The molecule has 0 aliphatic heterocycles. The van der Waals surface area contributed by atoms with E-state index in [1.165, 1.54) is 10.8 Å². The van der Waals surface area contributed by atoms with E-state index < -0.39 is 0 Å². The van der Waals surface area contributed by atoms with E-state index in [9.17, 15) is 4.79 Å². The van der Waals surface area contributed by atoms with Crippen molar-refractivity contribution in [2.45, 2.75) is 26.9 Å². The van der Waals surface area contributed by atoms with E-state index in [4.69, 9.17) is 4.74 Å². The van der Waals surface area contributed by atoms with Gasteiger partial charge in [-0.25, -0.2) is 4.79 Å². The van der Waals surface area contributed by atoms with Gasteiger partial charge in [0.1, 0.15) is 0 Å². The fourth-order valence-corrected chi connectivity index (χ4v) is 1.53. The number of carbonyl (C=O) groups excluding carboxylic acids is 1. The molecule has 0 amide bonds. The van der Waals surface area contributed by atoms with Gasteiger partial charge in [-0.3, -0.25) is 0 Å². The van der Waals surface area contributed by atoms with Crippen molar-refractivity contribution in [1.29, 1.82) is 0 Å². The minimum atomic E-state index is -0.193. The third kappa shape index (κ3) is 6.29. The Morgan fingerprint density at radius 1 is 1.60 bits per heavy atom. The lowest BCUT2D eigenvalue weighted by molar-refractivity contribution is 0.143. The molecule has 0 atom stereocenters. The van der Waals surface area contributed by atoms with Crippen LogP contribution in [0.25, 0.3) is 0 Å². The smallest absolute Gasteiger partial charge is 0.378 e. The number of hydrogen-bond donors (Lipinski definition) is 0. The molecule has 0 N–H and O–H groups in total. The van der Waals surface area contributed by atoms with Crippen LogP contribution in [0.4, 0.5) is 4.79 Å². The maximum atomic E-state index is 10.7. The van der Waals surface area contributed by atoms with Crippen molar-refractivity contribution in [3.63, 3.8) is 0 Å². The van der Waals surface area contributed by atoms with E-state index >= 15 is 0 Å². The van der Waals surface area contributed by atoms with Crippen LogP contribution in [0.2, 0.25) is 0 Å². The Bertz CT molecular complexity index is 104. The van der Waals surface area contributed by atoms with Crippen LogP contribution >= 0.6 is 21.6 Å². The van der Waals surface area contributed by atoms with Gasteiger partial charge in [0.25, 0.3) is 0 Å². The van der Waals surface area contributed by atoms with Crippen molar-refractivity contribution in [3.05, 3.63) is 0 Å². The van der Waals surface area contributed by atoms with Gasteiger partial charge in [-0.2, -0.15) is 0 Å². The quantitative estimate of drug-likeness (QED) is 0.493. The zero-order valence-electron chi connectivity index (χ0n) is 6.42. The second-order valence-corrected chi connectivity index (χ2v) is 4.43. The van der Waals surface area contributed by atoms with Crippen LogP contribution in [-0.4, -0.2) is 17.2 Å². The Kier molecular flexibility index (Phi) is 6.02. The van der Waals surface area contributed by atoms with E-state index in [1.54, 1.807) is 0 Å². The van der Waals surface area contributed by atoms with E-state index in [-0.39, 0.29) is 11.4 Å². The van der Waals surface area contributed by atoms with E-state index in [2.05, 4.69) is 0 Å². The summed E-state index contributed by atoms with van der Waals surface area (Å²) in [4.78, 5) is 10.7. The van der Waals surface area contributed by atoms with Gasteiger partial charge in [0.05, 0.1) is 6.10 Å². The summed E-state index contributed by atoms with van der Waals surface area (Å²) in [6, 6.07) is 0. The van der Waals surface area contributed by atoms with Crippen LogP contribution in [0.3, 0.4) is 0 Å². The molecule has 0 radical (unpaired) electrons. The molecule has 0 unspecified atom stereocenters.